The summed E-state index contributed by atoms with van der Waals surface area (Å²) in [5.74, 6) is 0.231. The van der Waals surface area contributed by atoms with Gasteiger partial charge in [0.25, 0.3) is 0 Å². The minimum absolute atomic E-state index is 0.00463. The van der Waals surface area contributed by atoms with E-state index in [1.165, 1.54) is 0 Å². The number of hydrogen-bond acceptors (Lipinski definition) is 3. The third kappa shape index (κ3) is 0.554. The van der Waals surface area contributed by atoms with Crippen LogP contribution in [0.15, 0.2) is 12.2 Å². The molecule has 0 saturated carbocycles. The van der Waals surface area contributed by atoms with Crippen molar-refractivity contribution in [2.75, 3.05) is 6.61 Å². The van der Waals surface area contributed by atoms with Crippen molar-refractivity contribution in [2.45, 2.75) is 12.2 Å². The Kier molecular flexibility index (Phi) is 0.874. The SMILES string of the molecule is O=C1OC[C@H]2C3C=CC(O3)[C@@H]12. The van der Waals surface area contributed by atoms with Crippen LogP contribution in [0.1, 0.15) is 0 Å². The molecular formula is C8H8O3. The van der Waals surface area contributed by atoms with Gasteiger partial charge in [-0.1, -0.05) is 12.2 Å². The summed E-state index contributed by atoms with van der Waals surface area (Å²) in [6.07, 6.45) is 4.17. The maximum absolute atomic E-state index is 11.1. The molecule has 0 amide bonds. The van der Waals surface area contributed by atoms with Gasteiger partial charge in [-0.2, -0.15) is 0 Å². The average Bonchev–Trinajstić information content (AvgIpc) is 2.60. The number of carbonyl (C=O) groups is 1. The van der Waals surface area contributed by atoms with E-state index >= 15 is 0 Å². The van der Waals surface area contributed by atoms with E-state index in [4.69, 9.17) is 9.47 Å². The van der Waals surface area contributed by atoms with Crippen LogP contribution in [-0.2, 0) is 14.3 Å². The average molecular weight is 152 g/mol. The Labute approximate surface area is 64.0 Å². The minimum atomic E-state index is -0.0770. The second-order valence-corrected chi connectivity index (χ2v) is 3.27. The molecule has 3 heterocycles. The zero-order valence-electron chi connectivity index (χ0n) is 5.90. The lowest BCUT2D eigenvalue weighted by atomic mass is 9.86. The summed E-state index contributed by atoms with van der Waals surface area (Å²) >= 11 is 0. The van der Waals surface area contributed by atoms with Gasteiger partial charge in [-0.3, -0.25) is 4.79 Å². The third-order valence-corrected chi connectivity index (χ3v) is 2.73. The molecule has 0 spiro atoms. The quantitative estimate of drug-likeness (QED) is 0.365. The van der Waals surface area contributed by atoms with Gasteiger partial charge in [-0.15, -0.1) is 0 Å². The molecule has 0 aliphatic carbocycles. The van der Waals surface area contributed by atoms with Crippen molar-refractivity contribution < 1.29 is 14.3 Å². The van der Waals surface area contributed by atoms with E-state index in [9.17, 15) is 4.79 Å². The monoisotopic (exact) mass is 152 g/mol. The first-order valence-electron chi connectivity index (χ1n) is 3.87. The Hall–Kier alpha value is -0.830. The molecule has 3 heteroatoms. The molecule has 2 fully saturated rings. The number of esters is 1. The Morgan fingerprint density at radius 1 is 1.36 bits per heavy atom. The number of ether oxygens (including phenoxy) is 2. The molecule has 3 nitrogen and oxygen atoms in total. The van der Waals surface area contributed by atoms with Gasteiger partial charge < -0.3 is 9.47 Å². The Morgan fingerprint density at radius 2 is 2.18 bits per heavy atom. The number of cyclic esters (lactones) is 1. The van der Waals surface area contributed by atoms with E-state index < -0.39 is 0 Å². The second kappa shape index (κ2) is 1.67. The molecule has 2 unspecified atom stereocenters. The number of rotatable bonds is 0. The van der Waals surface area contributed by atoms with Crippen molar-refractivity contribution in [3.05, 3.63) is 12.2 Å². The van der Waals surface area contributed by atoms with E-state index in [0.29, 0.717) is 12.5 Å². The summed E-state index contributed by atoms with van der Waals surface area (Å²) < 4.78 is 10.4. The second-order valence-electron chi connectivity index (χ2n) is 3.27. The first-order valence-corrected chi connectivity index (χ1v) is 3.87. The normalized spacial score (nSPS) is 51.5. The van der Waals surface area contributed by atoms with Gasteiger partial charge in [-0.05, 0) is 0 Å². The molecule has 58 valence electrons. The van der Waals surface area contributed by atoms with E-state index in [1.54, 1.807) is 0 Å². The van der Waals surface area contributed by atoms with Crippen LogP contribution >= 0.6 is 0 Å². The van der Waals surface area contributed by atoms with Gasteiger partial charge in [0, 0.05) is 5.92 Å². The van der Waals surface area contributed by atoms with Crippen molar-refractivity contribution in [1.82, 2.24) is 0 Å². The zero-order chi connectivity index (χ0) is 7.42. The number of carbonyl (C=O) groups excluding carboxylic acids is 1. The van der Waals surface area contributed by atoms with Crippen LogP contribution in [0.5, 0.6) is 0 Å². The number of hydrogen-bond donors (Lipinski definition) is 0. The van der Waals surface area contributed by atoms with E-state index in [1.807, 2.05) is 12.2 Å². The minimum Gasteiger partial charge on any atom is -0.465 e. The summed E-state index contributed by atoms with van der Waals surface area (Å²) in [6, 6.07) is 0. The standard InChI is InChI=1S/C8H8O3/c9-8-7-4(3-10-8)5-1-2-6(7)11-5/h1-2,4-7H,3H2/t4-,5?,6?,7-/m0/s1. The smallest absolute Gasteiger partial charge is 0.312 e. The molecule has 0 aromatic rings. The van der Waals surface area contributed by atoms with Gasteiger partial charge >= 0.3 is 5.97 Å². The molecule has 3 aliphatic rings. The van der Waals surface area contributed by atoms with Crippen LogP contribution < -0.4 is 0 Å². The molecule has 0 aromatic carbocycles. The lowest BCUT2D eigenvalue weighted by molar-refractivity contribution is -0.143. The summed E-state index contributed by atoms with van der Waals surface area (Å²) in [7, 11) is 0. The highest BCUT2D eigenvalue weighted by Crippen LogP contribution is 2.42. The topological polar surface area (TPSA) is 35.5 Å². The maximum atomic E-state index is 11.1. The van der Waals surface area contributed by atoms with E-state index in [2.05, 4.69) is 0 Å². The molecule has 4 atom stereocenters. The van der Waals surface area contributed by atoms with Crippen LogP contribution in [-0.4, -0.2) is 24.8 Å². The van der Waals surface area contributed by atoms with Crippen molar-refractivity contribution in [3.8, 4) is 0 Å². The predicted octanol–water partition coefficient (Wildman–Crippen LogP) is 0.113. The lowest BCUT2D eigenvalue weighted by Gasteiger charge is -2.09. The Balaban J connectivity index is 2.03. The molecule has 0 N–H and O–H groups in total. The van der Waals surface area contributed by atoms with Gasteiger partial charge in [0.15, 0.2) is 0 Å². The fourth-order valence-corrected chi connectivity index (χ4v) is 2.17. The molecule has 11 heavy (non-hydrogen) atoms. The van der Waals surface area contributed by atoms with E-state index in [-0.39, 0.29) is 24.1 Å². The van der Waals surface area contributed by atoms with Gasteiger partial charge in [0.05, 0.1) is 24.7 Å². The summed E-state index contributed by atoms with van der Waals surface area (Å²) in [4.78, 5) is 11.1. The highest BCUT2D eigenvalue weighted by molar-refractivity contribution is 5.77. The summed E-state index contributed by atoms with van der Waals surface area (Å²) in [6.45, 7) is 0.551. The fourth-order valence-electron chi connectivity index (χ4n) is 2.17. The molecule has 3 rings (SSSR count). The van der Waals surface area contributed by atoms with Gasteiger partial charge in [-0.25, -0.2) is 0 Å². The van der Waals surface area contributed by atoms with Crippen LogP contribution in [0.4, 0.5) is 0 Å². The molecule has 2 bridgehead atoms. The molecular weight excluding hydrogens is 144 g/mol. The highest BCUT2D eigenvalue weighted by Gasteiger charge is 2.54. The van der Waals surface area contributed by atoms with Crippen molar-refractivity contribution in [1.29, 1.82) is 0 Å². The van der Waals surface area contributed by atoms with Gasteiger partial charge in [0.2, 0.25) is 0 Å². The molecule has 2 saturated heterocycles. The Bertz CT molecular complexity index is 246. The maximum Gasteiger partial charge on any atom is 0.312 e. The predicted molar refractivity (Wildman–Crippen MR) is 35.7 cm³/mol. The lowest BCUT2D eigenvalue weighted by Crippen LogP contribution is -2.24. The summed E-state index contributed by atoms with van der Waals surface area (Å²) in [5.41, 5.74) is 0. The van der Waals surface area contributed by atoms with Crippen LogP contribution in [0, 0.1) is 11.8 Å². The van der Waals surface area contributed by atoms with Crippen molar-refractivity contribution >= 4 is 5.97 Å². The first kappa shape index (κ1) is 5.77. The third-order valence-electron chi connectivity index (χ3n) is 2.73. The Morgan fingerprint density at radius 3 is 3.00 bits per heavy atom. The van der Waals surface area contributed by atoms with Crippen molar-refractivity contribution in [2.24, 2.45) is 11.8 Å². The molecule has 0 aromatic heterocycles. The van der Waals surface area contributed by atoms with Gasteiger partial charge in [0.1, 0.15) is 0 Å². The fraction of sp³-hybridized carbons (Fsp3) is 0.625. The zero-order valence-corrected chi connectivity index (χ0v) is 5.90. The summed E-state index contributed by atoms with van der Waals surface area (Å²) in [5, 5.41) is 0. The largest absolute Gasteiger partial charge is 0.465 e. The first-order chi connectivity index (χ1) is 5.36. The van der Waals surface area contributed by atoms with Crippen LogP contribution in [0.2, 0.25) is 0 Å². The van der Waals surface area contributed by atoms with Crippen LogP contribution in [0.3, 0.4) is 0 Å². The van der Waals surface area contributed by atoms with Crippen LogP contribution in [0.25, 0.3) is 0 Å². The highest BCUT2D eigenvalue weighted by atomic mass is 16.6. The van der Waals surface area contributed by atoms with E-state index in [0.717, 1.165) is 0 Å². The molecule has 0 radical (unpaired) electrons. The van der Waals surface area contributed by atoms with Crippen molar-refractivity contribution in [3.63, 3.8) is 0 Å². The number of fused-ring (bicyclic) bond motifs is 5. The molecule has 3 aliphatic heterocycles.